The zero-order valence-corrected chi connectivity index (χ0v) is 19.0. The van der Waals surface area contributed by atoms with E-state index in [9.17, 15) is 14.0 Å². The van der Waals surface area contributed by atoms with Gasteiger partial charge < -0.3 is 10.4 Å². The summed E-state index contributed by atoms with van der Waals surface area (Å²) < 4.78 is 15.2. The van der Waals surface area contributed by atoms with E-state index in [-0.39, 0.29) is 35.6 Å². The van der Waals surface area contributed by atoms with Crippen LogP contribution in [0.5, 0.6) is 0 Å². The number of carbonyl (C=O) groups is 2. The van der Waals surface area contributed by atoms with Gasteiger partial charge in [-0.3, -0.25) is 9.59 Å². The van der Waals surface area contributed by atoms with Gasteiger partial charge >= 0.3 is 5.97 Å². The molecule has 3 aromatic rings. The molecule has 1 saturated carbocycles. The van der Waals surface area contributed by atoms with Crippen LogP contribution < -0.4 is 5.32 Å². The van der Waals surface area contributed by atoms with E-state index in [1.54, 1.807) is 6.07 Å². The van der Waals surface area contributed by atoms with Crippen LogP contribution in [0.15, 0.2) is 30.6 Å². The van der Waals surface area contributed by atoms with Crippen LogP contribution in [0.3, 0.4) is 0 Å². The van der Waals surface area contributed by atoms with Gasteiger partial charge in [0.15, 0.2) is 0 Å². The maximum absolute atomic E-state index is 13.7. The highest BCUT2D eigenvalue weighted by Gasteiger charge is 2.35. The van der Waals surface area contributed by atoms with E-state index >= 15 is 0 Å². The Morgan fingerprint density at radius 2 is 1.85 bits per heavy atom. The fourth-order valence-electron chi connectivity index (χ4n) is 4.77. The molecule has 33 heavy (non-hydrogen) atoms. The summed E-state index contributed by atoms with van der Waals surface area (Å²) in [6, 6.07) is 4.47. The van der Waals surface area contributed by atoms with Gasteiger partial charge in [0.25, 0.3) is 11.9 Å². The molecule has 2 heterocycles. The number of nitrogens with zero attached hydrogens (tertiary/aromatic N) is 4. The number of hydrogen-bond donors (Lipinski definition) is 2. The number of carboxylic acid groups (broad SMARTS) is 1. The van der Waals surface area contributed by atoms with Gasteiger partial charge in [-0.1, -0.05) is 13.8 Å². The number of aliphatic carboxylic acids is 1. The van der Waals surface area contributed by atoms with Crippen molar-refractivity contribution >= 4 is 22.8 Å². The third-order valence-corrected chi connectivity index (χ3v) is 6.69. The van der Waals surface area contributed by atoms with Crippen molar-refractivity contribution in [1.82, 2.24) is 25.1 Å². The topological polar surface area (TPSA) is 110 Å². The third kappa shape index (κ3) is 4.86. The van der Waals surface area contributed by atoms with Crippen LogP contribution in [0.1, 0.15) is 62.0 Å². The molecule has 1 fully saturated rings. The molecule has 174 valence electrons. The molecule has 1 aliphatic carbocycles. The van der Waals surface area contributed by atoms with E-state index in [0.29, 0.717) is 17.0 Å². The highest BCUT2D eigenvalue weighted by molar-refractivity contribution is 5.93. The first-order chi connectivity index (χ1) is 15.6. The van der Waals surface area contributed by atoms with Gasteiger partial charge in [-0.05, 0) is 56.1 Å². The second kappa shape index (κ2) is 8.88. The number of aryl methyl sites for hydroxylation is 1. The van der Waals surface area contributed by atoms with Gasteiger partial charge in [0.1, 0.15) is 5.82 Å². The van der Waals surface area contributed by atoms with Crippen LogP contribution in [0.25, 0.3) is 16.9 Å². The molecule has 1 amide bonds. The van der Waals surface area contributed by atoms with Crippen LogP contribution in [0.4, 0.5) is 4.39 Å². The molecular weight excluding hydrogens is 425 g/mol. The van der Waals surface area contributed by atoms with Crippen LogP contribution in [-0.4, -0.2) is 42.8 Å². The number of nitrogens with one attached hydrogen (secondary N) is 1. The van der Waals surface area contributed by atoms with Crippen molar-refractivity contribution < 1.29 is 19.1 Å². The van der Waals surface area contributed by atoms with Crippen molar-refractivity contribution in [3.63, 3.8) is 0 Å². The Labute approximate surface area is 191 Å². The van der Waals surface area contributed by atoms with Crippen LogP contribution >= 0.6 is 0 Å². The van der Waals surface area contributed by atoms with E-state index in [4.69, 9.17) is 5.11 Å². The SMILES string of the molecule is Cc1nn(-c2ncc(C(=O)N[C@H]3CC[C@H](C(C)(C)CC(=O)O)CC3)cn2)c2cc(F)ccc12. The van der Waals surface area contributed by atoms with Crippen LogP contribution in [0, 0.1) is 24.1 Å². The fourth-order valence-corrected chi connectivity index (χ4v) is 4.77. The van der Waals surface area contributed by atoms with E-state index in [1.807, 2.05) is 20.8 Å². The number of carboxylic acids is 1. The minimum absolute atomic E-state index is 0.0368. The van der Waals surface area contributed by atoms with Crippen molar-refractivity contribution in [2.45, 2.75) is 58.9 Å². The molecule has 2 N–H and O–H groups in total. The number of amides is 1. The van der Waals surface area contributed by atoms with E-state index in [1.165, 1.54) is 29.2 Å². The zero-order valence-electron chi connectivity index (χ0n) is 19.0. The van der Waals surface area contributed by atoms with Gasteiger partial charge in [-0.15, -0.1) is 0 Å². The molecule has 1 aromatic carbocycles. The molecule has 0 saturated heterocycles. The summed E-state index contributed by atoms with van der Waals surface area (Å²) in [6.07, 6.45) is 6.41. The standard InChI is InChI=1S/C24H28FN5O3/c1-14-19-9-6-17(25)10-20(19)30(29-14)23-26-12-15(13-27-23)22(33)28-18-7-4-16(5-8-18)24(2,3)11-21(31)32/h6,9-10,12-13,16,18H,4-5,7-8,11H2,1-3H3,(H,28,33)(H,31,32)/t16-,18-. The number of hydrogen-bond acceptors (Lipinski definition) is 5. The average Bonchev–Trinajstić information content (AvgIpc) is 3.09. The number of benzene rings is 1. The lowest BCUT2D eigenvalue weighted by atomic mass is 9.68. The Bertz CT molecular complexity index is 1180. The smallest absolute Gasteiger partial charge is 0.303 e. The fraction of sp³-hybridized carbons (Fsp3) is 0.458. The van der Waals surface area contributed by atoms with E-state index in [0.717, 1.165) is 36.8 Å². The molecule has 0 radical (unpaired) electrons. The zero-order chi connectivity index (χ0) is 23.8. The van der Waals surface area contributed by atoms with Gasteiger partial charge in [0.05, 0.1) is 23.2 Å². The largest absolute Gasteiger partial charge is 0.481 e. The Morgan fingerprint density at radius 1 is 1.18 bits per heavy atom. The predicted octanol–water partition coefficient (Wildman–Crippen LogP) is 4.05. The summed E-state index contributed by atoms with van der Waals surface area (Å²) in [4.78, 5) is 32.4. The maximum atomic E-state index is 13.7. The number of aromatic nitrogens is 4. The predicted molar refractivity (Wildman–Crippen MR) is 121 cm³/mol. The van der Waals surface area contributed by atoms with Crippen molar-refractivity contribution in [1.29, 1.82) is 0 Å². The van der Waals surface area contributed by atoms with Crippen molar-refractivity contribution in [2.75, 3.05) is 0 Å². The molecule has 4 rings (SSSR count). The maximum Gasteiger partial charge on any atom is 0.303 e. The van der Waals surface area contributed by atoms with Crippen LogP contribution in [-0.2, 0) is 4.79 Å². The van der Waals surface area contributed by atoms with E-state index < -0.39 is 5.97 Å². The summed E-state index contributed by atoms with van der Waals surface area (Å²) in [5, 5.41) is 17.4. The lowest BCUT2D eigenvalue weighted by molar-refractivity contribution is -0.140. The van der Waals surface area contributed by atoms with Gasteiger partial charge in [-0.2, -0.15) is 9.78 Å². The first-order valence-electron chi connectivity index (χ1n) is 11.1. The normalized spacial score (nSPS) is 18.9. The molecule has 0 unspecified atom stereocenters. The summed E-state index contributed by atoms with van der Waals surface area (Å²) in [5.41, 5.74) is 1.37. The van der Waals surface area contributed by atoms with Gasteiger partial charge in [0.2, 0.25) is 0 Å². The number of fused-ring (bicyclic) bond motifs is 1. The summed E-state index contributed by atoms with van der Waals surface area (Å²) in [6.45, 7) is 5.83. The Kier molecular flexibility index (Phi) is 6.14. The lowest BCUT2D eigenvalue weighted by Crippen LogP contribution is -2.40. The summed E-state index contributed by atoms with van der Waals surface area (Å²) >= 11 is 0. The minimum Gasteiger partial charge on any atom is -0.481 e. The lowest BCUT2D eigenvalue weighted by Gasteiger charge is -2.38. The Morgan fingerprint density at radius 3 is 2.48 bits per heavy atom. The second-order valence-electron chi connectivity index (χ2n) is 9.51. The first kappa shape index (κ1) is 22.8. The van der Waals surface area contributed by atoms with Crippen molar-refractivity contribution in [3.05, 3.63) is 47.7 Å². The highest BCUT2D eigenvalue weighted by atomic mass is 19.1. The molecule has 2 aromatic heterocycles. The quantitative estimate of drug-likeness (QED) is 0.583. The van der Waals surface area contributed by atoms with Crippen molar-refractivity contribution in [3.8, 4) is 5.95 Å². The Hall–Kier alpha value is -3.36. The molecule has 1 aliphatic rings. The molecule has 8 nitrogen and oxygen atoms in total. The third-order valence-electron chi connectivity index (χ3n) is 6.69. The van der Waals surface area contributed by atoms with E-state index in [2.05, 4.69) is 20.4 Å². The second-order valence-corrected chi connectivity index (χ2v) is 9.51. The van der Waals surface area contributed by atoms with Gasteiger partial charge in [0, 0.05) is 29.9 Å². The number of carbonyl (C=O) groups excluding carboxylic acids is 1. The molecule has 0 spiro atoms. The first-order valence-corrected chi connectivity index (χ1v) is 11.1. The van der Waals surface area contributed by atoms with Crippen molar-refractivity contribution in [2.24, 2.45) is 11.3 Å². The monoisotopic (exact) mass is 453 g/mol. The van der Waals surface area contributed by atoms with Crippen LogP contribution in [0.2, 0.25) is 0 Å². The summed E-state index contributed by atoms with van der Waals surface area (Å²) in [5.74, 6) is -0.816. The molecule has 0 bridgehead atoms. The highest BCUT2D eigenvalue weighted by Crippen LogP contribution is 2.40. The molecular formula is C24H28FN5O3. The molecule has 0 atom stereocenters. The number of halogens is 1. The van der Waals surface area contributed by atoms with Gasteiger partial charge in [-0.25, -0.2) is 14.4 Å². The Balaban J connectivity index is 1.40. The average molecular weight is 454 g/mol. The number of rotatable bonds is 6. The minimum atomic E-state index is -0.776. The summed E-state index contributed by atoms with van der Waals surface area (Å²) in [7, 11) is 0. The molecule has 9 heteroatoms. The molecule has 0 aliphatic heterocycles.